The smallest absolute Gasteiger partial charge is 0.386 e. The van der Waals surface area contributed by atoms with Gasteiger partial charge >= 0.3 is 6.18 Å². The maximum Gasteiger partial charge on any atom is 0.411 e. The molecule has 1 aromatic heterocycles. The number of aliphatic hydroxyl groups is 1. The van der Waals surface area contributed by atoms with Crippen molar-refractivity contribution in [2.45, 2.75) is 19.2 Å². The maximum atomic E-state index is 11.8. The molecule has 0 fully saturated rings. The van der Waals surface area contributed by atoms with Crippen LogP contribution in [0.4, 0.5) is 13.2 Å². The van der Waals surface area contributed by atoms with Crippen LogP contribution in [0.2, 0.25) is 0 Å². The van der Waals surface area contributed by atoms with Crippen LogP contribution in [0, 0.1) is 6.92 Å². The number of alkyl halides is 3. The van der Waals surface area contributed by atoms with E-state index >= 15 is 0 Å². The third-order valence-corrected chi connectivity index (χ3v) is 3.40. The van der Waals surface area contributed by atoms with Gasteiger partial charge in [-0.1, -0.05) is 0 Å². The fourth-order valence-corrected chi connectivity index (χ4v) is 2.93. The van der Waals surface area contributed by atoms with Crippen molar-refractivity contribution < 1.29 is 23.0 Å². The Morgan fingerprint density at radius 1 is 1.56 bits per heavy atom. The van der Waals surface area contributed by atoms with Crippen LogP contribution in [0.25, 0.3) is 0 Å². The van der Waals surface area contributed by atoms with Crippen LogP contribution in [0.15, 0.2) is 9.85 Å². The van der Waals surface area contributed by atoms with Gasteiger partial charge < -0.3 is 9.84 Å². The first-order chi connectivity index (χ1) is 7.29. The second-order valence-corrected chi connectivity index (χ2v) is 5.84. The average molecular weight is 319 g/mol. The zero-order valence-corrected chi connectivity index (χ0v) is 10.7. The number of thiophene rings is 1. The van der Waals surface area contributed by atoms with Gasteiger partial charge in [0.15, 0.2) is 0 Å². The quantitative estimate of drug-likeness (QED) is 0.921. The fourth-order valence-electron chi connectivity index (χ4n) is 1.17. The van der Waals surface area contributed by atoms with Crippen molar-refractivity contribution >= 4 is 27.3 Å². The second-order valence-electron chi connectivity index (χ2n) is 3.21. The summed E-state index contributed by atoms with van der Waals surface area (Å²) in [5, 5.41) is 9.61. The van der Waals surface area contributed by atoms with Crippen LogP contribution in [0.1, 0.15) is 16.5 Å². The minimum Gasteiger partial charge on any atom is -0.386 e. The normalized spacial score (nSPS) is 14.1. The van der Waals surface area contributed by atoms with Crippen molar-refractivity contribution in [2.24, 2.45) is 0 Å². The summed E-state index contributed by atoms with van der Waals surface area (Å²) in [5.74, 6) is 0. The van der Waals surface area contributed by atoms with Gasteiger partial charge in [0.25, 0.3) is 0 Å². The van der Waals surface area contributed by atoms with Crippen LogP contribution in [-0.4, -0.2) is 24.5 Å². The fraction of sp³-hybridized carbons (Fsp3) is 0.556. The maximum absolute atomic E-state index is 11.8. The summed E-state index contributed by atoms with van der Waals surface area (Å²) in [7, 11) is 0. The van der Waals surface area contributed by atoms with E-state index in [1.54, 1.807) is 13.0 Å². The van der Waals surface area contributed by atoms with Crippen LogP contribution in [-0.2, 0) is 4.74 Å². The predicted octanol–water partition coefficient (Wildman–Crippen LogP) is 3.43. The minimum absolute atomic E-state index is 0.358. The van der Waals surface area contributed by atoms with Gasteiger partial charge in [-0.3, -0.25) is 0 Å². The molecule has 0 saturated heterocycles. The van der Waals surface area contributed by atoms with E-state index in [-0.39, 0.29) is 6.61 Å². The largest absolute Gasteiger partial charge is 0.411 e. The molecule has 0 aromatic carbocycles. The van der Waals surface area contributed by atoms with Gasteiger partial charge in [0.2, 0.25) is 0 Å². The molecule has 1 N–H and O–H groups in total. The van der Waals surface area contributed by atoms with Crippen molar-refractivity contribution in [2.75, 3.05) is 13.2 Å². The zero-order chi connectivity index (χ0) is 12.3. The van der Waals surface area contributed by atoms with Gasteiger partial charge in [-0.15, -0.1) is 11.3 Å². The Morgan fingerprint density at radius 3 is 2.62 bits per heavy atom. The molecule has 0 bridgehead atoms. The Morgan fingerprint density at radius 2 is 2.19 bits per heavy atom. The molecule has 1 aromatic rings. The van der Waals surface area contributed by atoms with Crippen molar-refractivity contribution in [3.05, 3.63) is 20.3 Å². The van der Waals surface area contributed by atoms with Gasteiger partial charge in [-0.2, -0.15) is 13.2 Å². The molecule has 1 unspecified atom stereocenters. The number of halogens is 4. The van der Waals surface area contributed by atoms with E-state index in [1.165, 1.54) is 11.3 Å². The van der Waals surface area contributed by atoms with Crippen molar-refractivity contribution in [1.29, 1.82) is 0 Å². The van der Waals surface area contributed by atoms with Gasteiger partial charge in [-0.05, 0) is 34.5 Å². The number of hydrogen-bond donors (Lipinski definition) is 1. The molecular formula is C9H10BrF3O2S. The van der Waals surface area contributed by atoms with Gasteiger partial charge in [0, 0.05) is 4.88 Å². The molecule has 92 valence electrons. The molecule has 0 aliphatic rings. The van der Waals surface area contributed by atoms with Gasteiger partial charge in [0.05, 0.1) is 10.4 Å². The molecule has 0 saturated carbocycles. The summed E-state index contributed by atoms with van der Waals surface area (Å²) in [6.07, 6.45) is -5.38. The first kappa shape index (κ1) is 14.0. The number of ether oxygens (including phenoxy) is 1. The molecule has 7 heteroatoms. The highest BCUT2D eigenvalue weighted by Crippen LogP contribution is 2.30. The number of aliphatic hydroxyl groups excluding tert-OH is 1. The molecule has 0 aliphatic heterocycles. The van der Waals surface area contributed by atoms with Crippen molar-refractivity contribution in [3.8, 4) is 0 Å². The van der Waals surface area contributed by atoms with Crippen LogP contribution >= 0.6 is 27.3 Å². The Hall–Kier alpha value is -0.110. The Kier molecular flexibility index (Phi) is 4.78. The topological polar surface area (TPSA) is 29.5 Å². The standard InChI is InChI=1S/C9H10BrF3O2S/c1-5-6(2-8(10)16-5)7(14)3-15-4-9(11,12)13/h2,7,14H,3-4H2,1H3. The van der Waals surface area contributed by atoms with E-state index in [0.717, 1.165) is 8.66 Å². The lowest BCUT2D eigenvalue weighted by molar-refractivity contribution is -0.179. The average Bonchev–Trinajstić information content (AvgIpc) is 2.43. The van der Waals surface area contributed by atoms with E-state index in [9.17, 15) is 18.3 Å². The highest BCUT2D eigenvalue weighted by molar-refractivity contribution is 9.11. The van der Waals surface area contributed by atoms with E-state index in [0.29, 0.717) is 5.56 Å². The summed E-state index contributed by atoms with van der Waals surface area (Å²) in [4.78, 5) is 0.856. The summed E-state index contributed by atoms with van der Waals surface area (Å²) >= 11 is 4.65. The molecule has 1 heterocycles. The number of hydrogen-bond acceptors (Lipinski definition) is 3. The monoisotopic (exact) mass is 318 g/mol. The number of aryl methyl sites for hydroxylation is 1. The lowest BCUT2D eigenvalue weighted by Crippen LogP contribution is -2.19. The Labute approximate surface area is 103 Å². The van der Waals surface area contributed by atoms with E-state index in [2.05, 4.69) is 20.7 Å². The second kappa shape index (κ2) is 5.48. The third kappa shape index (κ3) is 4.40. The Balaban J connectivity index is 2.47. The third-order valence-electron chi connectivity index (χ3n) is 1.83. The van der Waals surface area contributed by atoms with Gasteiger partial charge in [0.1, 0.15) is 12.7 Å². The van der Waals surface area contributed by atoms with E-state index in [4.69, 9.17) is 0 Å². The van der Waals surface area contributed by atoms with Crippen molar-refractivity contribution in [3.63, 3.8) is 0 Å². The molecule has 1 rings (SSSR count). The highest BCUT2D eigenvalue weighted by Gasteiger charge is 2.28. The number of rotatable bonds is 4. The Bertz CT molecular complexity index is 351. The molecule has 0 radical (unpaired) electrons. The molecule has 0 aliphatic carbocycles. The summed E-state index contributed by atoms with van der Waals surface area (Å²) in [6, 6.07) is 1.68. The summed E-state index contributed by atoms with van der Waals surface area (Å²) < 4.78 is 40.6. The summed E-state index contributed by atoms with van der Waals surface area (Å²) in [5.41, 5.74) is 0.596. The van der Waals surface area contributed by atoms with Crippen LogP contribution in [0.3, 0.4) is 0 Å². The zero-order valence-electron chi connectivity index (χ0n) is 8.34. The molecule has 0 spiro atoms. The molecule has 1 atom stereocenters. The molecular weight excluding hydrogens is 309 g/mol. The highest BCUT2D eigenvalue weighted by atomic mass is 79.9. The lowest BCUT2D eigenvalue weighted by atomic mass is 10.1. The predicted molar refractivity (Wildman–Crippen MR) is 58.6 cm³/mol. The first-order valence-electron chi connectivity index (χ1n) is 4.38. The molecule has 2 nitrogen and oxygen atoms in total. The van der Waals surface area contributed by atoms with Gasteiger partial charge in [-0.25, -0.2) is 0 Å². The molecule has 0 amide bonds. The van der Waals surface area contributed by atoms with E-state index < -0.39 is 18.9 Å². The SMILES string of the molecule is Cc1sc(Br)cc1C(O)COCC(F)(F)F. The van der Waals surface area contributed by atoms with E-state index in [1.807, 2.05) is 0 Å². The summed E-state index contributed by atoms with van der Waals surface area (Å²) in [6.45, 7) is 0.0929. The lowest BCUT2D eigenvalue weighted by Gasteiger charge is -2.12. The minimum atomic E-state index is -4.36. The first-order valence-corrected chi connectivity index (χ1v) is 5.99. The van der Waals surface area contributed by atoms with Crippen LogP contribution < -0.4 is 0 Å². The van der Waals surface area contributed by atoms with Crippen molar-refractivity contribution in [1.82, 2.24) is 0 Å². The van der Waals surface area contributed by atoms with Crippen LogP contribution in [0.5, 0.6) is 0 Å². The molecule has 16 heavy (non-hydrogen) atoms.